The van der Waals surface area contributed by atoms with Gasteiger partial charge in [0, 0.05) is 31.6 Å². The lowest BCUT2D eigenvalue weighted by Crippen LogP contribution is -2.37. The normalized spacial score (nSPS) is 12.1. The van der Waals surface area contributed by atoms with Crippen molar-refractivity contribution in [3.8, 4) is 0 Å². The molecule has 14 heavy (non-hydrogen) atoms. The molecule has 0 unspecified atom stereocenters. The largest absolute Gasteiger partial charge is 0.316 e. The molecule has 1 aromatic rings. The van der Waals surface area contributed by atoms with E-state index in [1.807, 2.05) is 18.4 Å². The Morgan fingerprint density at radius 1 is 1.57 bits per heavy atom. The van der Waals surface area contributed by atoms with Gasteiger partial charge in [-0.15, -0.1) is 0 Å². The van der Waals surface area contributed by atoms with Crippen molar-refractivity contribution < 1.29 is 0 Å². The third kappa shape index (κ3) is 1.69. The molecule has 0 spiro atoms. The van der Waals surface area contributed by atoms with Gasteiger partial charge in [-0.3, -0.25) is 14.4 Å². The number of hydrogen-bond acceptors (Lipinski definition) is 2. The molecule has 0 saturated carbocycles. The maximum atomic E-state index is 11.4. The molecular weight excluding hydrogens is 178 g/mol. The van der Waals surface area contributed by atoms with Crippen molar-refractivity contribution in [3.63, 3.8) is 0 Å². The molecule has 0 aliphatic carbocycles. The van der Waals surface area contributed by atoms with E-state index in [-0.39, 0.29) is 11.6 Å². The summed E-state index contributed by atoms with van der Waals surface area (Å²) < 4.78 is 3.35. The van der Waals surface area contributed by atoms with Crippen LogP contribution in [-0.4, -0.2) is 16.2 Å². The van der Waals surface area contributed by atoms with Crippen molar-refractivity contribution in [2.24, 2.45) is 4.99 Å². The van der Waals surface area contributed by atoms with Crippen LogP contribution in [0.4, 0.5) is 0 Å². The summed E-state index contributed by atoms with van der Waals surface area (Å²) in [6.45, 7) is 7.66. The van der Waals surface area contributed by atoms with Crippen LogP contribution in [0.25, 0.3) is 6.20 Å². The van der Waals surface area contributed by atoms with Crippen LogP contribution >= 0.6 is 0 Å². The molecule has 1 aromatic heterocycles. The first kappa shape index (κ1) is 10.5. The molecule has 0 aliphatic rings. The van der Waals surface area contributed by atoms with Gasteiger partial charge in [0.2, 0.25) is 5.62 Å². The molecule has 0 N–H and O–H groups in total. The Bertz CT molecular complexity index is 451. The fraction of sp³-hybridized carbons (Fsp3) is 0.400. The monoisotopic (exact) mass is 193 g/mol. The van der Waals surface area contributed by atoms with Crippen LogP contribution in [0.1, 0.15) is 19.9 Å². The average Bonchev–Trinajstić information content (AvgIpc) is 2.16. The van der Waals surface area contributed by atoms with Crippen LogP contribution in [-0.2, 0) is 0 Å². The highest BCUT2D eigenvalue weighted by Crippen LogP contribution is 1.96. The van der Waals surface area contributed by atoms with Crippen LogP contribution in [0.5, 0.6) is 0 Å². The molecule has 0 aliphatic heterocycles. The van der Waals surface area contributed by atoms with Crippen LogP contribution in [0, 0.1) is 0 Å². The lowest BCUT2D eigenvalue weighted by Gasteiger charge is -2.12. The van der Waals surface area contributed by atoms with Crippen LogP contribution in [0.15, 0.2) is 28.6 Å². The Balaban J connectivity index is 3.67. The summed E-state index contributed by atoms with van der Waals surface area (Å²) in [6, 6.07) is 1.77. The lowest BCUT2D eigenvalue weighted by atomic mass is 10.4. The van der Waals surface area contributed by atoms with Crippen molar-refractivity contribution in [1.29, 1.82) is 0 Å². The molecule has 0 atom stereocenters. The zero-order valence-electron chi connectivity index (χ0n) is 8.77. The Labute approximate surface area is 82.8 Å². The highest BCUT2D eigenvalue weighted by atomic mass is 16.1. The van der Waals surface area contributed by atoms with E-state index in [0.29, 0.717) is 5.62 Å². The fourth-order valence-electron chi connectivity index (χ4n) is 1.31. The molecule has 76 valence electrons. The topological polar surface area (TPSA) is 39.3 Å². The summed E-state index contributed by atoms with van der Waals surface area (Å²) in [7, 11) is 1.66. The number of nitrogens with zero attached hydrogens (tertiary/aromatic N) is 3. The smallest absolute Gasteiger partial charge is 0.258 e. The predicted octanol–water partition coefficient (Wildman–Crippen LogP) is 0.862. The standard InChI is InChI=1S/C10H15N3O/c1-5-12-9(14)6-7-13(8(2)3)10(12)11-4/h5-8H,1H2,2-4H3. The SMILES string of the molecule is C=Cn1c(=O)ccn(C(C)C)c1=NC. The zero-order chi connectivity index (χ0) is 10.7. The summed E-state index contributed by atoms with van der Waals surface area (Å²) >= 11 is 0. The number of aromatic nitrogens is 2. The summed E-state index contributed by atoms with van der Waals surface area (Å²) in [6.07, 6.45) is 3.22. The van der Waals surface area contributed by atoms with E-state index in [1.54, 1.807) is 13.2 Å². The minimum absolute atomic E-state index is 0.113. The zero-order valence-corrected chi connectivity index (χ0v) is 8.77. The van der Waals surface area contributed by atoms with E-state index < -0.39 is 0 Å². The van der Waals surface area contributed by atoms with Crippen molar-refractivity contribution in [2.75, 3.05) is 7.05 Å². The molecular formula is C10H15N3O. The lowest BCUT2D eigenvalue weighted by molar-refractivity contribution is 0.538. The second kappa shape index (κ2) is 4.09. The summed E-state index contributed by atoms with van der Waals surface area (Å²) in [5, 5.41) is 0. The first-order valence-electron chi connectivity index (χ1n) is 4.51. The van der Waals surface area contributed by atoms with Crippen LogP contribution < -0.4 is 11.2 Å². The van der Waals surface area contributed by atoms with E-state index in [0.717, 1.165) is 0 Å². The molecule has 0 amide bonds. The molecule has 4 nitrogen and oxygen atoms in total. The minimum atomic E-state index is -0.113. The van der Waals surface area contributed by atoms with E-state index >= 15 is 0 Å². The first-order valence-corrected chi connectivity index (χ1v) is 4.51. The van der Waals surface area contributed by atoms with E-state index in [2.05, 4.69) is 11.6 Å². The Hall–Kier alpha value is -1.58. The van der Waals surface area contributed by atoms with Crippen molar-refractivity contribution in [2.45, 2.75) is 19.9 Å². The third-order valence-electron chi connectivity index (χ3n) is 2.00. The highest BCUT2D eigenvalue weighted by molar-refractivity contribution is 5.15. The Kier molecular flexibility index (Phi) is 3.06. The maximum Gasteiger partial charge on any atom is 0.258 e. The third-order valence-corrected chi connectivity index (χ3v) is 2.00. The first-order chi connectivity index (χ1) is 6.61. The summed E-state index contributed by atoms with van der Waals surface area (Å²) in [5.41, 5.74) is 0.500. The predicted molar refractivity (Wildman–Crippen MR) is 57.0 cm³/mol. The van der Waals surface area contributed by atoms with E-state index in [4.69, 9.17) is 0 Å². The second-order valence-corrected chi connectivity index (χ2v) is 3.23. The van der Waals surface area contributed by atoms with Crippen molar-refractivity contribution in [1.82, 2.24) is 9.13 Å². The van der Waals surface area contributed by atoms with Gasteiger partial charge in [-0.05, 0) is 13.8 Å². The molecule has 0 aromatic carbocycles. The van der Waals surface area contributed by atoms with E-state index in [9.17, 15) is 4.79 Å². The van der Waals surface area contributed by atoms with Gasteiger partial charge in [0.1, 0.15) is 0 Å². The van der Waals surface area contributed by atoms with Crippen molar-refractivity contribution >= 4 is 6.20 Å². The van der Waals surface area contributed by atoms with Gasteiger partial charge >= 0.3 is 0 Å². The van der Waals surface area contributed by atoms with E-state index in [1.165, 1.54) is 16.8 Å². The Morgan fingerprint density at radius 2 is 2.21 bits per heavy atom. The number of rotatable bonds is 2. The average molecular weight is 193 g/mol. The quantitative estimate of drug-likeness (QED) is 0.686. The molecule has 0 bridgehead atoms. The minimum Gasteiger partial charge on any atom is -0.316 e. The molecule has 0 radical (unpaired) electrons. The van der Waals surface area contributed by atoms with Gasteiger partial charge in [-0.1, -0.05) is 6.58 Å². The fourth-order valence-corrected chi connectivity index (χ4v) is 1.31. The van der Waals surface area contributed by atoms with Crippen LogP contribution in [0.2, 0.25) is 0 Å². The van der Waals surface area contributed by atoms with Gasteiger partial charge in [0.25, 0.3) is 5.56 Å². The van der Waals surface area contributed by atoms with Gasteiger partial charge in [-0.2, -0.15) is 0 Å². The molecule has 1 rings (SSSR count). The maximum absolute atomic E-state index is 11.4. The highest BCUT2D eigenvalue weighted by Gasteiger charge is 2.02. The number of hydrogen-bond donors (Lipinski definition) is 0. The van der Waals surface area contributed by atoms with Gasteiger partial charge in [-0.25, -0.2) is 0 Å². The summed E-state index contributed by atoms with van der Waals surface area (Å²) in [5.74, 6) is 0. The Morgan fingerprint density at radius 3 is 2.64 bits per heavy atom. The van der Waals surface area contributed by atoms with Crippen LogP contribution in [0.3, 0.4) is 0 Å². The van der Waals surface area contributed by atoms with Crippen molar-refractivity contribution in [3.05, 3.63) is 34.8 Å². The molecule has 1 heterocycles. The summed E-state index contributed by atoms with van der Waals surface area (Å²) in [4.78, 5) is 15.5. The second-order valence-electron chi connectivity index (χ2n) is 3.23. The van der Waals surface area contributed by atoms with Gasteiger partial charge in [0.05, 0.1) is 0 Å². The van der Waals surface area contributed by atoms with Gasteiger partial charge in [0.15, 0.2) is 0 Å². The molecule has 4 heteroatoms. The molecule has 0 saturated heterocycles. The molecule has 0 fully saturated rings. The van der Waals surface area contributed by atoms with Gasteiger partial charge < -0.3 is 4.57 Å².